The lowest BCUT2D eigenvalue weighted by Crippen LogP contribution is -2.51. The number of urea groups is 1. The van der Waals surface area contributed by atoms with Crippen LogP contribution in [0.3, 0.4) is 0 Å². The van der Waals surface area contributed by atoms with Crippen molar-refractivity contribution >= 4 is 12.0 Å². The third-order valence-corrected chi connectivity index (χ3v) is 2.77. The van der Waals surface area contributed by atoms with Crippen LogP contribution in [0.25, 0.3) is 0 Å². The first-order chi connectivity index (χ1) is 7.33. The summed E-state index contributed by atoms with van der Waals surface area (Å²) in [6.07, 6.45) is 0.644. The Morgan fingerprint density at radius 1 is 1.44 bits per heavy atom. The monoisotopic (exact) mass is 230 g/mol. The number of hydrogen-bond donors (Lipinski definition) is 4. The van der Waals surface area contributed by atoms with E-state index in [0.717, 1.165) is 12.8 Å². The molecule has 1 rings (SSSR count). The summed E-state index contributed by atoms with van der Waals surface area (Å²) in [4.78, 5) is 21.7. The lowest BCUT2D eigenvalue weighted by atomic mass is 9.99. The van der Waals surface area contributed by atoms with Crippen molar-refractivity contribution in [1.29, 1.82) is 0 Å². The quantitative estimate of drug-likeness (QED) is 0.531. The number of amides is 2. The van der Waals surface area contributed by atoms with Crippen molar-refractivity contribution in [2.75, 3.05) is 6.54 Å². The van der Waals surface area contributed by atoms with Crippen LogP contribution in [0.1, 0.15) is 26.7 Å². The molecule has 0 aromatic carbocycles. The van der Waals surface area contributed by atoms with E-state index in [0.29, 0.717) is 5.92 Å². The molecule has 1 aliphatic carbocycles. The molecule has 92 valence electrons. The van der Waals surface area contributed by atoms with Crippen LogP contribution in [0.5, 0.6) is 0 Å². The van der Waals surface area contributed by atoms with Gasteiger partial charge in [-0.1, -0.05) is 0 Å². The van der Waals surface area contributed by atoms with E-state index in [1.165, 1.54) is 0 Å². The maximum absolute atomic E-state index is 11.4. The molecule has 1 fully saturated rings. The summed E-state index contributed by atoms with van der Waals surface area (Å²) < 4.78 is 0. The minimum Gasteiger partial charge on any atom is -0.479 e. The topological polar surface area (TPSA) is 98.7 Å². The Bertz CT molecular complexity index is 287. The standard InChI is InChI=1S/C10H18N2O4/c1-10(2,6-3-4-6)12-9(16)11-5-7(13)8(14)15/h6-7,13H,3-5H2,1-2H3,(H,14,15)(H2,11,12,16). The van der Waals surface area contributed by atoms with Gasteiger partial charge in [0.15, 0.2) is 6.10 Å². The van der Waals surface area contributed by atoms with Gasteiger partial charge in [-0.3, -0.25) is 0 Å². The Kier molecular flexibility index (Phi) is 3.74. The van der Waals surface area contributed by atoms with E-state index < -0.39 is 18.1 Å². The average Bonchev–Trinajstić information content (AvgIpc) is 2.96. The average molecular weight is 230 g/mol. The molecule has 0 aromatic rings. The molecule has 2 amide bonds. The third kappa shape index (κ3) is 3.69. The third-order valence-electron chi connectivity index (χ3n) is 2.77. The van der Waals surface area contributed by atoms with Crippen molar-refractivity contribution in [2.45, 2.75) is 38.3 Å². The summed E-state index contributed by atoms with van der Waals surface area (Å²) >= 11 is 0. The van der Waals surface area contributed by atoms with Crippen LogP contribution in [0.2, 0.25) is 0 Å². The largest absolute Gasteiger partial charge is 0.479 e. The highest BCUT2D eigenvalue weighted by molar-refractivity contribution is 5.77. The number of carboxylic acid groups (broad SMARTS) is 1. The van der Waals surface area contributed by atoms with E-state index in [-0.39, 0.29) is 12.1 Å². The van der Waals surface area contributed by atoms with Crippen LogP contribution in [0.15, 0.2) is 0 Å². The van der Waals surface area contributed by atoms with Crippen molar-refractivity contribution < 1.29 is 19.8 Å². The fourth-order valence-electron chi connectivity index (χ4n) is 1.52. The van der Waals surface area contributed by atoms with E-state index in [2.05, 4.69) is 10.6 Å². The molecule has 6 nitrogen and oxygen atoms in total. The zero-order chi connectivity index (χ0) is 12.3. The molecule has 0 aliphatic heterocycles. The molecule has 0 bridgehead atoms. The number of nitrogens with one attached hydrogen (secondary N) is 2. The number of rotatable bonds is 5. The summed E-state index contributed by atoms with van der Waals surface area (Å²) in [6, 6.07) is -0.447. The van der Waals surface area contributed by atoms with Crippen molar-refractivity contribution in [1.82, 2.24) is 10.6 Å². The summed E-state index contributed by atoms with van der Waals surface area (Å²) in [7, 11) is 0. The Labute approximate surface area is 94.0 Å². The number of aliphatic hydroxyl groups excluding tert-OH is 1. The van der Waals surface area contributed by atoms with Gasteiger partial charge in [-0.05, 0) is 32.6 Å². The van der Waals surface area contributed by atoms with E-state index >= 15 is 0 Å². The highest BCUT2D eigenvalue weighted by Gasteiger charge is 2.38. The summed E-state index contributed by atoms with van der Waals surface area (Å²) in [6.45, 7) is 3.57. The van der Waals surface area contributed by atoms with Gasteiger partial charge in [0, 0.05) is 5.54 Å². The fraction of sp³-hybridized carbons (Fsp3) is 0.800. The SMILES string of the molecule is CC(C)(NC(=O)NCC(O)C(=O)O)C1CC1. The number of carboxylic acids is 1. The minimum absolute atomic E-state index is 0.280. The molecule has 1 saturated carbocycles. The predicted octanol–water partition coefficient (Wildman–Crippen LogP) is -0.0803. The van der Waals surface area contributed by atoms with Gasteiger partial charge < -0.3 is 20.8 Å². The van der Waals surface area contributed by atoms with E-state index in [1.807, 2.05) is 13.8 Å². The first kappa shape index (κ1) is 12.8. The second-order valence-electron chi connectivity index (χ2n) is 4.69. The van der Waals surface area contributed by atoms with Gasteiger partial charge in [-0.2, -0.15) is 0 Å². The molecular weight excluding hydrogens is 212 g/mol. The number of hydrogen-bond acceptors (Lipinski definition) is 3. The van der Waals surface area contributed by atoms with Crippen LogP contribution >= 0.6 is 0 Å². The number of carbonyl (C=O) groups excluding carboxylic acids is 1. The molecule has 6 heteroatoms. The van der Waals surface area contributed by atoms with Crippen LogP contribution < -0.4 is 10.6 Å². The molecule has 1 aliphatic rings. The van der Waals surface area contributed by atoms with Gasteiger partial charge >= 0.3 is 12.0 Å². The van der Waals surface area contributed by atoms with Gasteiger partial charge in [0.1, 0.15) is 0 Å². The summed E-state index contributed by atoms with van der Waals surface area (Å²) in [5.74, 6) is -0.857. The molecule has 1 atom stereocenters. The predicted molar refractivity (Wildman–Crippen MR) is 57.0 cm³/mol. The van der Waals surface area contributed by atoms with E-state index in [1.54, 1.807) is 0 Å². The van der Waals surface area contributed by atoms with Gasteiger partial charge in [0.2, 0.25) is 0 Å². The molecule has 0 radical (unpaired) electrons. The second kappa shape index (κ2) is 4.69. The maximum Gasteiger partial charge on any atom is 0.334 e. The first-order valence-electron chi connectivity index (χ1n) is 5.30. The smallest absolute Gasteiger partial charge is 0.334 e. The zero-order valence-corrected chi connectivity index (χ0v) is 9.49. The lowest BCUT2D eigenvalue weighted by Gasteiger charge is -2.26. The number of carbonyl (C=O) groups is 2. The minimum atomic E-state index is -1.56. The molecule has 4 N–H and O–H groups in total. The van der Waals surface area contributed by atoms with Crippen LogP contribution in [-0.4, -0.2) is 40.4 Å². The van der Waals surface area contributed by atoms with Gasteiger partial charge in [-0.15, -0.1) is 0 Å². The Hall–Kier alpha value is -1.30. The van der Waals surface area contributed by atoms with E-state index in [4.69, 9.17) is 10.2 Å². The molecule has 0 aromatic heterocycles. The van der Waals surface area contributed by atoms with Crippen LogP contribution in [0.4, 0.5) is 4.79 Å². The maximum atomic E-state index is 11.4. The van der Waals surface area contributed by atoms with Crippen LogP contribution in [-0.2, 0) is 4.79 Å². The van der Waals surface area contributed by atoms with Crippen molar-refractivity contribution in [3.8, 4) is 0 Å². The molecule has 0 spiro atoms. The van der Waals surface area contributed by atoms with Crippen molar-refractivity contribution in [2.24, 2.45) is 5.92 Å². The molecule has 1 unspecified atom stereocenters. The molecule has 16 heavy (non-hydrogen) atoms. The molecule has 0 saturated heterocycles. The van der Waals surface area contributed by atoms with Crippen molar-refractivity contribution in [3.05, 3.63) is 0 Å². The van der Waals surface area contributed by atoms with Gasteiger partial charge in [0.05, 0.1) is 6.54 Å². The summed E-state index contributed by atoms with van der Waals surface area (Å²) in [5, 5.41) is 22.4. The van der Waals surface area contributed by atoms with Crippen LogP contribution in [0, 0.1) is 5.92 Å². The van der Waals surface area contributed by atoms with Gasteiger partial charge in [0.25, 0.3) is 0 Å². The molecule has 0 heterocycles. The summed E-state index contributed by atoms with van der Waals surface area (Å²) in [5.41, 5.74) is -0.280. The lowest BCUT2D eigenvalue weighted by molar-refractivity contribution is -0.146. The number of aliphatic carboxylic acids is 1. The highest BCUT2D eigenvalue weighted by Crippen LogP contribution is 2.38. The second-order valence-corrected chi connectivity index (χ2v) is 4.69. The zero-order valence-electron chi connectivity index (χ0n) is 9.49. The molecular formula is C10H18N2O4. The van der Waals surface area contributed by atoms with E-state index in [9.17, 15) is 9.59 Å². The normalized spacial score (nSPS) is 17.7. The number of aliphatic hydroxyl groups is 1. The highest BCUT2D eigenvalue weighted by atomic mass is 16.4. The fourth-order valence-corrected chi connectivity index (χ4v) is 1.52. The van der Waals surface area contributed by atoms with Crippen molar-refractivity contribution in [3.63, 3.8) is 0 Å². The first-order valence-corrected chi connectivity index (χ1v) is 5.30. The van der Waals surface area contributed by atoms with Gasteiger partial charge in [-0.25, -0.2) is 9.59 Å². The Morgan fingerprint density at radius 3 is 2.44 bits per heavy atom. The Morgan fingerprint density at radius 2 is 2.00 bits per heavy atom. The Balaban J connectivity index is 2.27.